The minimum Gasteiger partial charge on any atom is -0.248 e. The Kier molecular flexibility index (Phi) is 1.88. The Morgan fingerprint density at radius 1 is 1.12 bits per heavy atom. The van der Waals surface area contributed by atoms with E-state index < -0.39 is 0 Å². The summed E-state index contributed by atoms with van der Waals surface area (Å²) in [5, 5.41) is 2.00. The van der Waals surface area contributed by atoms with Crippen LogP contribution in [0.5, 0.6) is 0 Å². The van der Waals surface area contributed by atoms with Crippen molar-refractivity contribution in [3.05, 3.63) is 60.5 Å². The fourth-order valence-electron chi connectivity index (χ4n) is 1.84. The van der Waals surface area contributed by atoms with Crippen molar-refractivity contribution in [1.82, 2.24) is 4.98 Å². The molecule has 0 atom stereocenters. The Labute approximate surface area is 93.7 Å². The van der Waals surface area contributed by atoms with Gasteiger partial charge in [-0.25, -0.2) is 4.98 Å². The van der Waals surface area contributed by atoms with Gasteiger partial charge in [0, 0.05) is 16.3 Å². The third kappa shape index (κ3) is 1.24. The van der Waals surface area contributed by atoms with Gasteiger partial charge in [0.2, 0.25) is 0 Å². The molecule has 2 radical (unpaired) electrons. The minimum atomic E-state index is 0.663. The zero-order valence-corrected chi connectivity index (χ0v) is 8.49. The van der Waals surface area contributed by atoms with E-state index in [9.17, 15) is 0 Å². The molecular formula is C15H7N. The average molecular weight is 201 g/mol. The van der Waals surface area contributed by atoms with Gasteiger partial charge in [-0.2, -0.15) is 0 Å². The number of rotatable bonds is 0. The van der Waals surface area contributed by atoms with E-state index in [2.05, 4.69) is 17.0 Å². The molecule has 3 rings (SSSR count). The van der Waals surface area contributed by atoms with Crippen LogP contribution in [0.3, 0.4) is 0 Å². The maximum Gasteiger partial charge on any atom is 0.0722 e. The molecule has 0 fully saturated rings. The van der Waals surface area contributed by atoms with Crippen molar-refractivity contribution >= 4 is 21.8 Å². The quantitative estimate of drug-likeness (QED) is 0.402. The van der Waals surface area contributed by atoms with Crippen molar-refractivity contribution < 1.29 is 0 Å². The largest absolute Gasteiger partial charge is 0.248 e. The molecule has 0 saturated heterocycles. The Balaban J connectivity index is 2.52. The first-order chi connectivity index (χ1) is 7.88. The van der Waals surface area contributed by atoms with Crippen LogP contribution in [0.25, 0.3) is 21.8 Å². The fourth-order valence-corrected chi connectivity index (χ4v) is 1.84. The molecule has 0 amide bonds. The molecule has 2 aromatic carbocycles. The van der Waals surface area contributed by atoms with Crippen LogP contribution in [0.15, 0.2) is 42.5 Å². The van der Waals surface area contributed by atoms with E-state index in [1.807, 2.05) is 36.4 Å². The lowest BCUT2D eigenvalue weighted by molar-refractivity contribution is 1.49. The first-order valence-corrected chi connectivity index (χ1v) is 5.01. The lowest BCUT2D eigenvalue weighted by Crippen LogP contribution is -1.85. The van der Waals surface area contributed by atoms with E-state index in [1.54, 1.807) is 6.07 Å². The van der Waals surface area contributed by atoms with Gasteiger partial charge in [-0.05, 0) is 30.7 Å². The third-order valence-corrected chi connectivity index (χ3v) is 2.62. The summed E-state index contributed by atoms with van der Waals surface area (Å²) >= 11 is 0. The Hall–Kier alpha value is -2.33. The SMILES string of the molecule is [C]#Cc1[c]ccc2nc3ccccc3cc12. The van der Waals surface area contributed by atoms with Crippen molar-refractivity contribution in [1.29, 1.82) is 0 Å². The van der Waals surface area contributed by atoms with E-state index in [-0.39, 0.29) is 0 Å². The topological polar surface area (TPSA) is 12.9 Å². The zero-order chi connectivity index (χ0) is 11.0. The average Bonchev–Trinajstić information content (AvgIpc) is 2.35. The van der Waals surface area contributed by atoms with E-state index in [0.717, 1.165) is 21.8 Å². The zero-order valence-electron chi connectivity index (χ0n) is 8.49. The summed E-state index contributed by atoms with van der Waals surface area (Å²) < 4.78 is 0. The van der Waals surface area contributed by atoms with Crippen molar-refractivity contribution in [3.63, 3.8) is 0 Å². The number of benzene rings is 2. The lowest BCUT2D eigenvalue weighted by Gasteiger charge is -2.02. The highest BCUT2D eigenvalue weighted by atomic mass is 14.7. The summed E-state index contributed by atoms with van der Waals surface area (Å²) in [4.78, 5) is 4.54. The predicted molar refractivity (Wildman–Crippen MR) is 64.3 cm³/mol. The fraction of sp³-hybridized carbons (Fsp3) is 0. The molecule has 1 aromatic heterocycles. The standard InChI is InChI=1S/C15H7N/c1-2-11-7-5-9-15-13(11)10-12-6-3-4-8-14(12)16-15/h3-6,8-10H. The molecule has 16 heavy (non-hydrogen) atoms. The predicted octanol–water partition coefficient (Wildman–Crippen LogP) is 3.13. The molecule has 0 bridgehead atoms. The Morgan fingerprint density at radius 2 is 2.00 bits per heavy atom. The first kappa shape index (κ1) is 8.94. The van der Waals surface area contributed by atoms with Crippen molar-refractivity contribution in [2.45, 2.75) is 0 Å². The molecule has 1 nitrogen and oxygen atoms in total. The van der Waals surface area contributed by atoms with Gasteiger partial charge in [0.15, 0.2) is 0 Å². The van der Waals surface area contributed by atoms with E-state index in [4.69, 9.17) is 6.42 Å². The highest BCUT2D eigenvalue weighted by Gasteiger charge is 2.02. The number of fused-ring (bicyclic) bond motifs is 2. The highest BCUT2D eigenvalue weighted by Crippen LogP contribution is 2.21. The number of aromatic nitrogens is 1. The van der Waals surface area contributed by atoms with Crippen LogP contribution in [0.1, 0.15) is 5.56 Å². The smallest absolute Gasteiger partial charge is 0.0722 e. The van der Waals surface area contributed by atoms with E-state index in [0.29, 0.717) is 5.56 Å². The van der Waals surface area contributed by atoms with Crippen LogP contribution in [-0.4, -0.2) is 4.98 Å². The van der Waals surface area contributed by atoms with Gasteiger partial charge in [0.05, 0.1) is 11.0 Å². The minimum absolute atomic E-state index is 0.663. The van der Waals surface area contributed by atoms with Crippen LogP contribution in [0.4, 0.5) is 0 Å². The summed E-state index contributed by atoms with van der Waals surface area (Å²) in [7, 11) is 0. The lowest BCUT2D eigenvalue weighted by atomic mass is 10.1. The van der Waals surface area contributed by atoms with Crippen LogP contribution in [0, 0.1) is 18.4 Å². The molecule has 0 N–H and O–H groups in total. The van der Waals surface area contributed by atoms with Crippen molar-refractivity contribution in [2.75, 3.05) is 0 Å². The second kappa shape index (κ2) is 3.36. The number of hydrogen-bond acceptors (Lipinski definition) is 1. The molecule has 0 unspecified atom stereocenters. The highest BCUT2D eigenvalue weighted by molar-refractivity contribution is 5.95. The second-order valence-electron chi connectivity index (χ2n) is 3.59. The van der Waals surface area contributed by atoms with Gasteiger partial charge < -0.3 is 0 Å². The van der Waals surface area contributed by atoms with Crippen LogP contribution in [0.2, 0.25) is 0 Å². The normalized spacial score (nSPS) is 10.4. The number of nitrogens with zero attached hydrogens (tertiary/aromatic N) is 1. The van der Waals surface area contributed by atoms with Crippen LogP contribution >= 0.6 is 0 Å². The Bertz CT molecular complexity index is 720. The molecule has 0 spiro atoms. The first-order valence-electron chi connectivity index (χ1n) is 5.01. The van der Waals surface area contributed by atoms with Gasteiger partial charge in [-0.3, -0.25) is 0 Å². The maximum absolute atomic E-state index is 7.22. The number of hydrogen-bond donors (Lipinski definition) is 0. The second-order valence-corrected chi connectivity index (χ2v) is 3.59. The van der Waals surface area contributed by atoms with Gasteiger partial charge >= 0.3 is 0 Å². The Morgan fingerprint density at radius 3 is 2.88 bits per heavy atom. The molecule has 1 heterocycles. The number of pyridine rings is 1. The van der Waals surface area contributed by atoms with E-state index >= 15 is 0 Å². The molecule has 0 aliphatic rings. The van der Waals surface area contributed by atoms with Gasteiger partial charge in [0.1, 0.15) is 0 Å². The molecule has 3 aromatic rings. The van der Waals surface area contributed by atoms with E-state index in [1.165, 1.54) is 0 Å². The molecular weight excluding hydrogens is 194 g/mol. The van der Waals surface area contributed by atoms with Gasteiger partial charge in [0.25, 0.3) is 0 Å². The molecule has 0 saturated carbocycles. The van der Waals surface area contributed by atoms with Crippen molar-refractivity contribution in [3.8, 4) is 5.92 Å². The van der Waals surface area contributed by atoms with Crippen molar-refractivity contribution in [2.24, 2.45) is 0 Å². The summed E-state index contributed by atoms with van der Waals surface area (Å²) in [6, 6.07) is 16.7. The summed E-state index contributed by atoms with van der Waals surface area (Å²) in [5.41, 5.74) is 2.51. The maximum atomic E-state index is 7.22. The molecule has 0 aliphatic heterocycles. The van der Waals surface area contributed by atoms with Gasteiger partial charge in [-0.1, -0.05) is 30.2 Å². The summed E-state index contributed by atoms with van der Waals surface area (Å²) in [5.74, 6) is 2.39. The molecule has 72 valence electrons. The molecule has 0 aliphatic carbocycles. The third-order valence-electron chi connectivity index (χ3n) is 2.62. The number of para-hydroxylation sites is 1. The summed E-state index contributed by atoms with van der Waals surface area (Å²) in [6.07, 6.45) is 7.22. The monoisotopic (exact) mass is 201 g/mol. The van der Waals surface area contributed by atoms with Crippen LogP contribution < -0.4 is 0 Å². The van der Waals surface area contributed by atoms with Gasteiger partial charge in [-0.15, -0.1) is 0 Å². The molecule has 1 heteroatoms. The summed E-state index contributed by atoms with van der Waals surface area (Å²) in [6.45, 7) is 0. The van der Waals surface area contributed by atoms with Crippen LogP contribution in [-0.2, 0) is 0 Å².